The molecule has 1 heterocycles. The number of methoxy groups -OCH3 is 1. The number of benzene rings is 1. The summed E-state index contributed by atoms with van der Waals surface area (Å²) >= 11 is 9.31. The Kier molecular flexibility index (Phi) is 4.27. The first-order valence-corrected chi connectivity index (χ1v) is 6.85. The van der Waals surface area contributed by atoms with Gasteiger partial charge in [0.1, 0.15) is 0 Å². The van der Waals surface area contributed by atoms with Crippen LogP contribution < -0.4 is 4.74 Å². The van der Waals surface area contributed by atoms with Gasteiger partial charge < -0.3 is 4.74 Å². The van der Waals surface area contributed by atoms with E-state index in [9.17, 15) is 4.79 Å². The summed E-state index contributed by atoms with van der Waals surface area (Å²) in [7, 11) is 1.52. The van der Waals surface area contributed by atoms with Crippen molar-refractivity contribution in [2.24, 2.45) is 0 Å². The number of carbonyl (C=O) groups excluding carboxylic acids is 1. The van der Waals surface area contributed by atoms with Crippen molar-refractivity contribution in [1.29, 1.82) is 0 Å². The summed E-state index contributed by atoms with van der Waals surface area (Å²) in [6.45, 7) is 2.51. The SMILES string of the molecule is CCn1ncc(OC)c1C(=O)c1ccc(Br)c(Cl)c1. The van der Waals surface area contributed by atoms with Gasteiger partial charge in [-0.1, -0.05) is 11.6 Å². The lowest BCUT2D eigenvalue weighted by Crippen LogP contribution is -2.11. The van der Waals surface area contributed by atoms with Gasteiger partial charge in [-0.2, -0.15) is 5.10 Å². The molecule has 0 N–H and O–H groups in total. The smallest absolute Gasteiger partial charge is 0.214 e. The highest BCUT2D eigenvalue weighted by Gasteiger charge is 2.20. The third-order valence-corrected chi connectivity index (χ3v) is 3.95. The van der Waals surface area contributed by atoms with Crippen LogP contribution in [-0.2, 0) is 6.54 Å². The minimum absolute atomic E-state index is 0.161. The molecule has 100 valence electrons. The molecule has 6 heteroatoms. The molecular formula is C13H12BrClN2O2. The number of carbonyl (C=O) groups is 1. The summed E-state index contributed by atoms with van der Waals surface area (Å²) in [5, 5.41) is 4.61. The summed E-state index contributed by atoms with van der Waals surface area (Å²) in [4.78, 5) is 12.5. The van der Waals surface area contributed by atoms with Gasteiger partial charge in [-0.05, 0) is 41.1 Å². The maximum absolute atomic E-state index is 12.5. The maximum Gasteiger partial charge on any atom is 0.214 e. The van der Waals surface area contributed by atoms with Crippen LogP contribution in [0.5, 0.6) is 5.75 Å². The zero-order valence-corrected chi connectivity index (χ0v) is 12.8. The third-order valence-electron chi connectivity index (χ3n) is 2.72. The number of halogens is 2. The molecule has 19 heavy (non-hydrogen) atoms. The van der Waals surface area contributed by atoms with Gasteiger partial charge in [0.05, 0.1) is 18.3 Å². The zero-order chi connectivity index (χ0) is 14.0. The van der Waals surface area contributed by atoms with E-state index < -0.39 is 0 Å². The predicted octanol–water partition coefficient (Wildman–Crippen LogP) is 3.56. The first-order chi connectivity index (χ1) is 9.08. The van der Waals surface area contributed by atoms with Crippen LogP contribution in [0.1, 0.15) is 23.0 Å². The molecule has 0 aliphatic rings. The number of ketones is 1. The largest absolute Gasteiger partial charge is 0.493 e. The van der Waals surface area contributed by atoms with Gasteiger partial charge in [0.15, 0.2) is 11.4 Å². The fourth-order valence-corrected chi connectivity index (χ4v) is 2.19. The molecular weight excluding hydrogens is 332 g/mol. The van der Waals surface area contributed by atoms with E-state index in [0.29, 0.717) is 28.6 Å². The van der Waals surface area contributed by atoms with Crippen molar-refractivity contribution in [2.75, 3.05) is 7.11 Å². The minimum atomic E-state index is -0.161. The second-order valence-electron chi connectivity index (χ2n) is 3.84. The number of hydrogen-bond acceptors (Lipinski definition) is 3. The quantitative estimate of drug-likeness (QED) is 0.797. The lowest BCUT2D eigenvalue weighted by molar-refractivity contribution is 0.102. The molecule has 0 amide bonds. The Morgan fingerprint density at radius 2 is 2.26 bits per heavy atom. The van der Waals surface area contributed by atoms with Gasteiger partial charge in [0.2, 0.25) is 5.78 Å². The van der Waals surface area contributed by atoms with Gasteiger partial charge in [-0.3, -0.25) is 9.48 Å². The van der Waals surface area contributed by atoms with Crippen LogP contribution in [0.15, 0.2) is 28.9 Å². The van der Waals surface area contributed by atoms with Crippen molar-refractivity contribution in [2.45, 2.75) is 13.5 Å². The van der Waals surface area contributed by atoms with Crippen LogP contribution >= 0.6 is 27.5 Å². The highest BCUT2D eigenvalue weighted by atomic mass is 79.9. The van der Waals surface area contributed by atoms with Crippen LogP contribution in [0.25, 0.3) is 0 Å². The second kappa shape index (κ2) is 5.75. The van der Waals surface area contributed by atoms with E-state index in [0.717, 1.165) is 4.47 Å². The average molecular weight is 344 g/mol. The van der Waals surface area contributed by atoms with Gasteiger partial charge >= 0.3 is 0 Å². The fraction of sp³-hybridized carbons (Fsp3) is 0.231. The van der Waals surface area contributed by atoms with Gasteiger partial charge in [-0.15, -0.1) is 0 Å². The Bertz CT molecular complexity index is 604. The lowest BCUT2D eigenvalue weighted by Gasteiger charge is -2.07. The molecule has 0 saturated carbocycles. The Hall–Kier alpha value is -1.33. The van der Waals surface area contributed by atoms with Crippen molar-refractivity contribution in [3.05, 3.63) is 45.1 Å². The Balaban J connectivity index is 2.49. The molecule has 0 radical (unpaired) electrons. The lowest BCUT2D eigenvalue weighted by atomic mass is 10.1. The maximum atomic E-state index is 12.5. The standard InChI is InChI=1S/C13H12BrClN2O2/c1-3-17-12(11(19-2)7-16-17)13(18)8-4-5-9(14)10(15)6-8/h4-7H,3H2,1-2H3. The molecule has 0 unspecified atom stereocenters. The van der Waals surface area contributed by atoms with Gasteiger partial charge in [-0.25, -0.2) is 0 Å². The molecule has 2 aromatic rings. The molecule has 1 aromatic heterocycles. The van der Waals surface area contributed by atoms with Crippen molar-refractivity contribution in [3.63, 3.8) is 0 Å². The Morgan fingerprint density at radius 1 is 1.53 bits per heavy atom. The van der Waals surface area contributed by atoms with Crippen molar-refractivity contribution in [1.82, 2.24) is 9.78 Å². The minimum Gasteiger partial charge on any atom is -0.493 e. The fourth-order valence-electron chi connectivity index (χ4n) is 1.76. The zero-order valence-electron chi connectivity index (χ0n) is 10.5. The van der Waals surface area contributed by atoms with E-state index in [1.807, 2.05) is 6.92 Å². The number of nitrogens with zero attached hydrogens (tertiary/aromatic N) is 2. The van der Waals surface area contributed by atoms with Crippen LogP contribution in [0.2, 0.25) is 5.02 Å². The highest BCUT2D eigenvalue weighted by molar-refractivity contribution is 9.10. The van der Waals surface area contributed by atoms with Gasteiger partial charge in [0, 0.05) is 16.6 Å². The van der Waals surface area contributed by atoms with Gasteiger partial charge in [0.25, 0.3) is 0 Å². The third kappa shape index (κ3) is 2.67. The van der Waals surface area contributed by atoms with E-state index in [-0.39, 0.29) is 5.78 Å². The number of ether oxygens (including phenoxy) is 1. The van der Waals surface area contributed by atoms with Crippen LogP contribution in [0, 0.1) is 0 Å². The Morgan fingerprint density at radius 3 is 2.84 bits per heavy atom. The van der Waals surface area contributed by atoms with Crippen molar-refractivity contribution in [3.8, 4) is 5.75 Å². The monoisotopic (exact) mass is 342 g/mol. The molecule has 0 atom stereocenters. The molecule has 0 aliphatic carbocycles. The topological polar surface area (TPSA) is 44.1 Å². The summed E-state index contributed by atoms with van der Waals surface area (Å²) in [6, 6.07) is 5.08. The number of aromatic nitrogens is 2. The van der Waals surface area contributed by atoms with Crippen LogP contribution in [0.4, 0.5) is 0 Å². The molecule has 4 nitrogen and oxygen atoms in total. The normalized spacial score (nSPS) is 10.5. The number of rotatable bonds is 4. The van der Waals surface area contributed by atoms with Crippen molar-refractivity contribution < 1.29 is 9.53 Å². The summed E-state index contributed by atoms with van der Waals surface area (Å²) in [5.41, 5.74) is 0.935. The first kappa shape index (κ1) is 14.1. The van der Waals surface area contributed by atoms with E-state index in [2.05, 4.69) is 21.0 Å². The summed E-state index contributed by atoms with van der Waals surface area (Å²) in [6.07, 6.45) is 1.54. The molecule has 1 aromatic carbocycles. The van der Waals surface area contributed by atoms with Crippen LogP contribution in [-0.4, -0.2) is 22.7 Å². The second-order valence-corrected chi connectivity index (χ2v) is 5.10. The molecule has 0 spiro atoms. The molecule has 0 bridgehead atoms. The van der Waals surface area contributed by atoms with E-state index in [4.69, 9.17) is 16.3 Å². The first-order valence-electron chi connectivity index (χ1n) is 5.68. The molecule has 0 aliphatic heterocycles. The summed E-state index contributed by atoms with van der Waals surface area (Å²) < 4.78 is 7.54. The average Bonchev–Trinajstić information content (AvgIpc) is 2.83. The number of hydrogen-bond donors (Lipinski definition) is 0. The van der Waals surface area contributed by atoms with Crippen LogP contribution in [0.3, 0.4) is 0 Å². The van der Waals surface area contributed by atoms with Crippen molar-refractivity contribution >= 4 is 33.3 Å². The van der Waals surface area contributed by atoms with E-state index in [1.165, 1.54) is 13.3 Å². The Labute approximate surface area is 124 Å². The highest BCUT2D eigenvalue weighted by Crippen LogP contribution is 2.26. The predicted molar refractivity (Wildman–Crippen MR) is 77.0 cm³/mol. The van der Waals surface area contributed by atoms with E-state index in [1.54, 1.807) is 22.9 Å². The summed E-state index contributed by atoms with van der Waals surface area (Å²) in [5.74, 6) is 0.302. The number of aryl methyl sites for hydroxylation is 1. The molecule has 0 saturated heterocycles. The molecule has 2 rings (SSSR count). The molecule has 0 fully saturated rings. The van der Waals surface area contributed by atoms with E-state index >= 15 is 0 Å².